The second-order valence-electron chi connectivity index (χ2n) is 8.21. The summed E-state index contributed by atoms with van der Waals surface area (Å²) in [4.78, 5) is 35.2. The molecule has 0 fully saturated rings. The minimum Gasteiger partial charge on any atom is -0.489 e. The van der Waals surface area contributed by atoms with Crippen molar-refractivity contribution < 1.29 is 46.6 Å². The molecule has 2 aromatic rings. The lowest BCUT2D eigenvalue weighted by atomic mass is 9.97. The van der Waals surface area contributed by atoms with Crippen molar-refractivity contribution in [1.82, 2.24) is 5.32 Å². The molecule has 0 bridgehead atoms. The van der Waals surface area contributed by atoms with Gasteiger partial charge in [-0.15, -0.1) is 0 Å². The summed E-state index contributed by atoms with van der Waals surface area (Å²) in [6.45, 7) is 3.51. The van der Waals surface area contributed by atoms with Gasteiger partial charge in [0.15, 0.2) is 6.29 Å². The molecule has 0 aliphatic carbocycles. The van der Waals surface area contributed by atoms with E-state index in [2.05, 4.69) is 10.1 Å². The minimum atomic E-state index is -4.03. The SMILES string of the molecule is COC(=O)C(NC(=O)OC(C)(C)Cc1ccc(COc2ccc(C=O)c(F)c2)cc1)P(=O)(OC)OC. The zero-order valence-electron chi connectivity index (χ0n) is 20.6. The molecule has 196 valence electrons. The number of alkyl carbamates (subject to hydrolysis) is 1. The third-order valence-corrected chi connectivity index (χ3v) is 7.02. The number of aldehydes is 1. The smallest absolute Gasteiger partial charge is 0.408 e. The van der Waals surface area contributed by atoms with Gasteiger partial charge in [0.05, 0.1) is 12.7 Å². The van der Waals surface area contributed by atoms with Crippen LogP contribution in [0.15, 0.2) is 42.5 Å². The molecular formula is C24H29FNO9P. The molecule has 12 heteroatoms. The van der Waals surface area contributed by atoms with E-state index in [1.165, 1.54) is 12.1 Å². The fourth-order valence-corrected chi connectivity index (χ4v) is 4.39. The molecule has 0 saturated heterocycles. The summed E-state index contributed by atoms with van der Waals surface area (Å²) in [6, 6.07) is 11.2. The summed E-state index contributed by atoms with van der Waals surface area (Å²) in [5.41, 5.74) is 0.593. The molecule has 1 atom stereocenters. The van der Waals surface area contributed by atoms with Crippen molar-refractivity contribution in [2.45, 2.75) is 38.3 Å². The lowest BCUT2D eigenvalue weighted by Gasteiger charge is -2.28. The topological polar surface area (TPSA) is 126 Å². The number of hydrogen-bond donors (Lipinski definition) is 1. The van der Waals surface area contributed by atoms with E-state index in [1.807, 2.05) is 24.3 Å². The first-order chi connectivity index (χ1) is 17.0. The van der Waals surface area contributed by atoms with Gasteiger partial charge in [0.2, 0.25) is 5.78 Å². The quantitative estimate of drug-likeness (QED) is 0.246. The van der Waals surface area contributed by atoms with E-state index >= 15 is 0 Å². The van der Waals surface area contributed by atoms with Gasteiger partial charge < -0.3 is 23.3 Å². The number of carbonyl (C=O) groups excluding carboxylic acids is 3. The van der Waals surface area contributed by atoms with Crippen LogP contribution in [0.2, 0.25) is 0 Å². The van der Waals surface area contributed by atoms with Gasteiger partial charge in [0.1, 0.15) is 23.8 Å². The van der Waals surface area contributed by atoms with Gasteiger partial charge in [-0.3, -0.25) is 14.7 Å². The Morgan fingerprint density at radius 3 is 2.19 bits per heavy atom. The molecule has 36 heavy (non-hydrogen) atoms. The minimum absolute atomic E-state index is 0.0440. The number of halogens is 1. The number of amides is 1. The maximum absolute atomic E-state index is 13.7. The molecule has 10 nitrogen and oxygen atoms in total. The number of benzene rings is 2. The van der Waals surface area contributed by atoms with Crippen LogP contribution in [0.4, 0.5) is 9.18 Å². The maximum Gasteiger partial charge on any atom is 0.408 e. The Hall–Kier alpha value is -3.27. The van der Waals surface area contributed by atoms with Crippen LogP contribution in [0.25, 0.3) is 0 Å². The van der Waals surface area contributed by atoms with Crippen molar-refractivity contribution in [3.63, 3.8) is 0 Å². The molecule has 0 aliphatic heterocycles. The fourth-order valence-electron chi connectivity index (χ4n) is 3.20. The molecule has 1 N–H and O–H groups in total. The number of ether oxygens (including phenoxy) is 3. The first-order valence-electron chi connectivity index (χ1n) is 10.7. The molecular weight excluding hydrogens is 496 g/mol. The van der Waals surface area contributed by atoms with E-state index in [0.717, 1.165) is 38.5 Å². The van der Waals surface area contributed by atoms with Crippen molar-refractivity contribution in [2.24, 2.45) is 0 Å². The molecule has 0 heterocycles. The monoisotopic (exact) mass is 525 g/mol. The third-order valence-electron chi connectivity index (χ3n) is 5.03. The van der Waals surface area contributed by atoms with Crippen LogP contribution >= 0.6 is 7.60 Å². The second-order valence-corrected chi connectivity index (χ2v) is 10.5. The highest BCUT2D eigenvalue weighted by atomic mass is 31.2. The van der Waals surface area contributed by atoms with E-state index < -0.39 is 36.9 Å². The van der Waals surface area contributed by atoms with Crippen molar-refractivity contribution >= 4 is 25.9 Å². The fraction of sp³-hybridized carbons (Fsp3) is 0.375. The van der Waals surface area contributed by atoms with Gasteiger partial charge in [-0.25, -0.2) is 14.0 Å². The van der Waals surface area contributed by atoms with E-state index in [9.17, 15) is 23.3 Å². The maximum atomic E-state index is 13.7. The first-order valence-corrected chi connectivity index (χ1v) is 12.3. The highest BCUT2D eigenvalue weighted by Crippen LogP contribution is 2.50. The molecule has 0 spiro atoms. The third kappa shape index (κ3) is 7.87. The summed E-state index contributed by atoms with van der Waals surface area (Å²) >= 11 is 0. The van der Waals surface area contributed by atoms with Gasteiger partial charge in [0, 0.05) is 26.7 Å². The molecule has 2 rings (SSSR count). The number of methoxy groups -OCH3 is 1. The van der Waals surface area contributed by atoms with Crippen molar-refractivity contribution in [2.75, 3.05) is 21.3 Å². The van der Waals surface area contributed by atoms with Gasteiger partial charge in [-0.2, -0.15) is 0 Å². The lowest BCUT2D eigenvalue weighted by Crippen LogP contribution is -2.45. The molecule has 1 unspecified atom stereocenters. The van der Waals surface area contributed by atoms with Gasteiger partial charge in [-0.05, 0) is 37.1 Å². The molecule has 2 aromatic carbocycles. The largest absolute Gasteiger partial charge is 0.489 e. The Kier molecular flexibility index (Phi) is 10.2. The standard InChI is InChI=1S/C24H29FNO9P/c1-24(2,35-23(29)26-21(22(28)31-3)36(30,32-4)33-5)13-16-6-8-17(9-7-16)15-34-19-11-10-18(14-27)20(25)12-19/h6-12,14,21H,13,15H2,1-5H3,(H,26,29). The Labute approximate surface area is 208 Å². The Morgan fingerprint density at radius 1 is 1.06 bits per heavy atom. The van der Waals surface area contributed by atoms with Gasteiger partial charge in [0.25, 0.3) is 0 Å². The van der Waals surface area contributed by atoms with Gasteiger partial charge in [-0.1, -0.05) is 24.3 Å². The van der Waals surface area contributed by atoms with Crippen LogP contribution in [-0.4, -0.2) is 51.1 Å². The number of esters is 1. The van der Waals surface area contributed by atoms with Crippen LogP contribution in [0.3, 0.4) is 0 Å². The van der Waals surface area contributed by atoms with Crippen molar-refractivity contribution in [1.29, 1.82) is 0 Å². The molecule has 1 amide bonds. The summed E-state index contributed by atoms with van der Waals surface area (Å²) in [7, 11) is -0.805. The Morgan fingerprint density at radius 2 is 1.67 bits per heavy atom. The lowest BCUT2D eigenvalue weighted by molar-refractivity contribution is -0.141. The highest BCUT2D eigenvalue weighted by Gasteiger charge is 2.43. The first kappa shape index (κ1) is 29.0. The van der Waals surface area contributed by atoms with E-state index in [-0.39, 0.29) is 12.2 Å². The average Bonchev–Trinajstić information content (AvgIpc) is 2.85. The summed E-state index contributed by atoms with van der Waals surface area (Å²) < 4.78 is 51.5. The summed E-state index contributed by atoms with van der Waals surface area (Å²) in [5, 5.41) is 2.19. The predicted molar refractivity (Wildman–Crippen MR) is 127 cm³/mol. The van der Waals surface area contributed by atoms with Crippen molar-refractivity contribution in [3.05, 3.63) is 65.0 Å². The zero-order valence-corrected chi connectivity index (χ0v) is 21.5. The zero-order chi connectivity index (χ0) is 26.9. The number of nitrogens with one attached hydrogen (secondary N) is 1. The molecule has 0 saturated carbocycles. The van der Waals surface area contributed by atoms with Crippen LogP contribution in [0.5, 0.6) is 5.75 Å². The average molecular weight is 525 g/mol. The Balaban J connectivity index is 1.98. The number of carbonyl (C=O) groups is 3. The van der Waals surface area contributed by atoms with Crippen LogP contribution in [0.1, 0.15) is 35.3 Å². The normalized spacial score (nSPS) is 12.4. The number of rotatable bonds is 12. The van der Waals surface area contributed by atoms with Crippen LogP contribution in [-0.2, 0) is 40.9 Å². The molecule has 0 radical (unpaired) electrons. The molecule has 0 aromatic heterocycles. The van der Waals surface area contributed by atoms with Gasteiger partial charge >= 0.3 is 19.7 Å². The van der Waals surface area contributed by atoms with E-state index in [4.69, 9.17) is 18.5 Å². The summed E-state index contributed by atoms with van der Waals surface area (Å²) in [5.74, 6) is -3.09. The predicted octanol–water partition coefficient (Wildman–Crippen LogP) is 4.25. The van der Waals surface area contributed by atoms with Crippen molar-refractivity contribution in [3.8, 4) is 5.75 Å². The Bertz CT molecular complexity index is 1110. The second kappa shape index (κ2) is 12.6. The summed E-state index contributed by atoms with van der Waals surface area (Å²) in [6.07, 6.45) is -0.265. The van der Waals surface area contributed by atoms with Crippen LogP contribution < -0.4 is 10.1 Å². The number of hydrogen-bond acceptors (Lipinski definition) is 9. The van der Waals surface area contributed by atoms with E-state index in [0.29, 0.717) is 18.5 Å². The van der Waals surface area contributed by atoms with E-state index in [1.54, 1.807) is 13.8 Å². The highest BCUT2D eigenvalue weighted by molar-refractivity contribution is 7.55. The molecule has 0 aliphatic rings. The van der Waals surface area contributed by atoms with Crippen LogP contribution in [0, 0.1) is 5.82 Å².